The normalized spacial score (nSPS) is 11.7. The standard InChI is InChI=1S/C10H14N2O5S.2Na/c1-7(6-10(13)14)11-12-8-2-4-9(5-3-8)18(15,16)17;;/h2-5,7,11-12H,6H2,1H3,(H,13,14)(H,15,16,17);;/q;2*+1/p-2. The van der Waals surface area contributed by atoms with E-state index < -0.39 is 16.1 Å². The number of hydrogen-bond acceptors (Lipinski definition) is 7. The van der Waals surface area contributed by atoms with E-state index in [-0.39, 0.29) is 76.5 Å². The van der Waals surface area contributed by atoms with Gasteiger partial charge in [-0.05, 0) is 31.2 Å². The molecule has 20 heavy (non-hydrogen) atoms. The minimum atomic E-state index is -4.45. The third-order valence-corrected chi connectivity index (χ3v) is 2.93. The van der Waals surface area contributed by atoms with Gasteiger partial charge in [-0.2, -0.15) is 0 Å². The van der Waals surface area contributed by atoms with Crippen molar-refractivity contribution in [1.82, 2.24) is 5.43 Å². The maximum absolute atomic E-state index is 10.7. The Bertz CT molecular complexity index is 521. The molecule has 0 aliphatic heterocycles. The Labute approximate surface area is 161 Å². The van der Waals surface area contributed by atoms with E-state index in [4.69, 9.17) is 0 Å². The molecule has 1 atom stereocenters. The van der Waals surface area contributed by atoms with Crippen molar-refractivity contribution in [3.05, 3.63) is 24.3 Å². The van der Waals surface area contributed by atoms with Gasteiger partial charge >= 0.3 is 59.1 Å². The van der Waals surface area contributed by atoms with Crippen LogP contribution in [0.5, 0.6) is 0 Å². The molecule has 0 saturated heterocycles. The van der Waals surface area contributed by atoms with Crippen LogP contribution in [0.4, 0.5) is 5.69 Å². The summed E-state index contributed by atoms with van der Waals surface area (Å²) in [6.45, 7) is 1.64. The largest absolute Gasteiger partial charge is 1.00 e. The van der Waals surface area contributed by atoms with Crippen molar-refractivity contribution in [3.8, 4) is 0 Å². The van der Waals surface area contributed by atoms with E-state index in [2.05, 4.69) is 10.9 Å². The summed E-state index contributed by atoms with van der Waals surface area (Å²) in [4.78, 5) is 9.97. The van der Waals surface area contributed by atoms with Crippen LogP contribution in [0.1, 0.15) is 13.3 Å². The molecule has 0 saturated carbocycles. The Morgan fingerprint density at radius 1 is 1.25 bits per heavy atom. The maximum Gasteiger partial charge on any atom is 1.00 e. The molecule has 0 bridgehead atoms. The van der Waals surface area contributed by atoms with E-state index in [0.717, 1.165) is 12.1 Å². The molecule has 1 aromatic carbocycles. The first-order chi connectivity index (χ1) is 8.29. The van der Waals surface area contributed by atoms with Crippen LogP contribution in [0, 0.1) is 0 Å². The van der Waals surface area contributed by atoms with Gasteiger partial charge in [0, 0.05) is 24.1 Å². The molecule has 0 spiro atoms. The van der Waals surface area contributed by atoms with Crippen LogP contribution >= 0.6 is 0 Å². The van der Waals surface area contributed by atoms with E-state index in [9.17, 15) is 22.9 Å². The Morgan fingerprint density at radius 3 is 2.15 bits per heavy atom. The number of hydrogen-bond donors (Lipinski definition) is 2. The Morgan fingerprint density at radius 2 is 1.75 bits per heavy atom. The fourth-order valence-corrected chi connectivity index (χ4v) is 1.68. The summed E-state index contributed by atoms with van der Waals surface area (Å²) >= 11 is 0. The van der Waals surface area contributed by atoms with Crippen LogP contribution in [-0.2, 0) is 14.9 Å². The van der Waals surface area contributed by atoms with E-state index in [1.54, 1.807) is 6.92 Å². The van der Waals surface area contributed by atoms with Crippen molar-refractivity contribution in [2.75, 3.05) is 5.43 Å². The van der Waals surface area contributed by atoms with Gasteiger partial charge in [0.25, 0.3) is 0 Å². The first-order valence-electron chi connectivity index (χ1n) is 5.06. The molecule has 1 aromatic rings. The quantitative estimate of drug-likeness (QED) is 0.304. The van der Waals surface area contributed by atoms with Crippen molar-refractivity contribution in [1.29, 1.82) is 0 Å². The van der Waals surface area contributed by atoms with Gasteiger partial charge < -0.3 is 19.9 Å². The van der Waals surface area contributed by atoms with Crippen LogP contribution < -0.4 is 75.1 Å². The van der Waals surface area contributed by atoms with Crippen molar-refractivity contribution < 1.29 is 82.0 Å². The van der Waals surface area contributed by atoms with Gasteiger partial charge in [0.2, 0.25) is 0 Å². The third kappa shape index (κ3) is 8.60. The number of aliphatic carboxylic acids is 1. The average Bonchev–Trinajstić information content (AvgIpc) is 2.25. The van der Waals surface area contributed by atoms with E-state index in [1.807, 2.05) is 0 Å². The second-order valence-corrected chi connectivity index (χ2v) is 5.10. The van der Waals surface area contributed by atoms with Gasteiger partial charge in [-0.1, -0.05) is 0 Å². The van der Waals surface area contributed by atoms with E-state index >= 15 is 0 Å². The zero-order valence-corrected chi connectivity index (χ0v) is 16.4. The monoisotopic (exact) mass is 318 g/mol. The SMILES string of the molecule is CC(CC(=O)[O-])NNc1ccc(S(=O)(=O)[O-])cc1.[Na+].[Na+]. The number of benzene rings is 1. The smallest absolute Gasteiger partial charge is 0.744 e. The molecule has 10 heteroatoms. The second kappa shape index (κ2) is 10.1. The fraction of sp³-hybridized carbons (Fsp3) is 0.300. The molecule has 1 unspecified atom stereocenters. The minimum Gasteiger partial charge on any atom is -0.744 e. The van der Waals surface area contributed by atoms with Crippen LogP contribution in [0.15, 0.2) is 29.2 Å². The molecule has 0 radical (unpaired) electrons. The molecule has 0 aliphatic carbocycles. The summed E-state index contributed by atoms with van der Waals surface area (Å²) in [7, 11) is -4.45. The van der Waals surface area contributed by atoms with E-state index in [0.29, 0.717) is 5.69 Å². The Hall–Kier alpha value is 0.360. The summed E-state index contributed by atoms with van der Waals surface area (Å²) in [6.07, 6.45) is -0.167. The van der Waals surface area contributed by atoms with Crippen LogP contribution in [0.3, 0.4) is 0 Å². The number of carbonyl (C=O) groups is 1. The van der Waals surface area contributed by atoms with Gasteiger partial charge in [-0.15, -0.1) is 0 Å². The zero-order chi connectivity index (χ0) is 13.8. The summed E-state index contributed by atoms with van der Waals surface area (Å²) in [5, 5.41) is 10.3. The van der Waals surface area contributed by atoms with Crippen LogP contribution in [0.2, 0.25) is 0 Å². The third-order valence-electron chi connectivity index (χ3n) is 2.08. The van der Waals surface area contributed by atoms with Gasteiger partial charge in [-0.3, -0.25) is 0 Å². The molecule has 100 valence electrons. The number of anilines is 1. The van der Waals surface area contributed by atoms with Crippen molar-refractivity contribution >= 4 is 21.8 Å². The number of carboxylic acid groups (broad SMARTS) is 1. The molecular formula is C10H12N2Na2O5S. The predicted molar refractivity (Wildman–Crippen MR) is 60.2 cm³/mol. The van der Waals surface area contributed by atoms with Crippen molar-refractivity contribution in [2.45, 2.75) is 24.3 Å². The molecule has 7 nitrogen and oxygen atoms in total. The van der Waals surface area contributed by atoms with Gasteiger partial charge in [0.05, 0.1) is 4.90 Å². The summed E-state index contributed by atoms with van der Waals surface area (Å²) in [5.41, 5.74) is 5.89. The molecular weight excluding hydrogens is 306 g/mol. The molecule has 2 N–H and O–H groups in total. The van der Waals surface area contributed by atoms with Gasteiger partial charge in [0.15, 0.2) is 0 Å². The number of hydrazine groups is 1. The summed E-state index contributed by atoms with van der Waals surface area (Å²) < 4.78 is 32.0. The first kappa shape index (κ1) is 22.6. The second-order valence-electron chi connectivity index (χ2n) is 3.73. The molecule has 0 fully saturated rings. The van der Waals surface area contributed by atoms with Gasteiger partial charge in [0.1, 0.15) is 10.1 Å². The topological polar surface area (TPSA) is 121 Å². The molecule has 1 rings (SSSR count). The average molecular weight is 318 g/mol. The van der Waals surface area contributed by atoms with Gasteiger partial charge in [-0.25, -0.2) is 13.8 Å². The number of carboxylic acids is 1. The zero-order valence-electron chi connectivity index (χ0n) is 11.5. The molecule has 0 heterocycles. The minimum absolute atomic E-state index is 0. The summed E-state index contributed by atoms with van der Waals surface area (Å²) in [6, 6.07) is 4.75. The fourth-order valence-electron chi connectivity index (χ4n) is 1.21. The van der Waals surface area contributed by atoms with Crippen molar-refractivity contribution in [2.24, 2.45) is 0 Å². The Balaban J connectivity index is 0. The number of nitrogens with one attached hydrogen (secondary N) is 2. The summed E-state index contributed by atoms with van der Waals surface area (Å²) in [5.74, 6) is -1.18. The van der Waals surface area contributed by atoms with Crippen LogP contribution in [-0.4, -0.2) is 25.0 Å². The molecule has 0 amide bonds. The Kier molecular flexibility index (Phi) is 11.5. The number of rotatable bonds is 6. The maximum atomic E-state index is 10.7. The molecule has 0 aliphatic rings. The molecule has 0 aromatic heterocycles. The number of carbonyl (C=O) groups excluding carboxylic acids is 1. The van der Waals surface area contributed by atoms with Crippen molar-refractivity contribution in [3.63, 3.8) is 0 Å². The first-order valence-corrected chi connectivity index (χ1v) is 6.47. The predicted octanol–water partition coefficient (Wildman–Crippen LogP) is -6.96. The van der Waals surface area contributed by atoms with E-state index in [1.165, 1.54) is 12.1 Å². The van der Waals surface area contributed by atoms with Crippen LogP contribution in [0.25, 0.3) is 0 Å².